The lowest BCUT2D eigenvalue weighted by Crippen LogP contribution is -2.12. The van der Waals surface area contributed by atoms with Crippen molar-refractivity contribution in [2.45, 2.75) is 13.8 Å². The van der Waals surface area contributed by atoms with Gasteiger partial charge in [0.1, 0.15) is 17.0 Å². The van der Waals surface area contributed by atoms with E-state index in [0.29, 0.717) is 22.7 Å². The van der Waals surface area contributed by atoms with Crippen LogP contribution in [0.25, 0.3) is 22.4 Å². The van der Waals surface area contributed by atoms with Crippen molar-refractivity contribution < 1.29 is 19.1 Å². The highest BCUT2D eigenvalue weighted by molar-refractivity contribution is 6.03. The number of hydrogen-bond acceptors (Lipinski definition) is 6. The molecule has 0 bridgehead atoms. The van der Waals surface area contributed by atoms with Gasteiger partial charge in [-0.15, -0.1) is 10.2 Å². The molecule has 0 saturated carbocycles. The maximum absolute atomic E-state index is 13.2. The number of esters is 1. The van der Waals surface area contributed by atoms with Crippen LogP contribution in [0.3, 0.4) is 0 Å². The number of carbonyl (C=O) groups excluding carboxylic acids is 2. The van der Waals surface area contributed by atoms with Crippen LogP contribution in [0.5, 0.6) is 11.6 Å². The highest BCUT2D eigenvalue weighted by atomic mass is 16.5. The summed E-state index contributed by atoms with van der Waals surface area (Å²) in [6.45, 7) is 3.38. The Kier molecular flexibility index (Phi) is 6.93. The van der Waals surface area contributed by atoms with E-state index in [1.165, 1.54) is 6.92 Å². The molecule has 0 aliphatic rings. The second kappa shape index (κ2) is 10.4. The maximum Gasteiger partial charge on any atom is 0.344 e. The Labute approximate surface area is 197 Å². The van der Waals surface area contributed by atoms with Crippen LogP contribution in [-0.4, -0.2) is 28.7 Å². The summed E-state index contributed by atoms with van der Waals surface area (Å²) in [7, 11) is 0. The maximum atomic E-state index is 13.2. The van der Waals surface area contributed by atoms with Crippen LogP contribution in [-0.2, 0) is 9.53 Å². The SMILES string of the molecule is CCOC(=O)c1c(Oc2ccc(NC(C)=O)cc2)nnc(-c2ccccc2)c1-c1ccccc1. The highest BCUT2D eigenvalue weighted by Gasteiger charge is 2.27. The number of rotatable bonds is 7. The molecule has 1 N–H and O–H groups in total. The van der Waals surface area contributed by atoms with Gasteiger partial charge in [0, 0.05) is 23.7 Å². The number of anilines is 1. The van der Waals surface area contributed by atoms with Crippen LogP contribution in [0.15, 0.2) is 84.9 Å². The highest BCUT2D eigenvalue weighted by Crippen LogP contribution is 2.38. The molecule has 4 aromatic rings. The molecule has 7 nitrogen and oxygen atoms in total. The smallest absolute Gasteiger partial charge is 0.344 e. The van der Waals surface area contributed by atoms with Gasteiger partial charge < -0.3 is 14.8 Å². The molecule has 0 unspecified atom stereocenters. The molecule has 0 spiro atoms. The van der Waals surface area contributed by atoms with Gasteiger partial charge in [0.05, 0.1) is 6.61 Å². The average molecular weight is 453 g/mol. The molecule has 7 heteroatoms. The Hall–Kier alpha value is -4.52. The Bertz CT molecular complexity index is 1290. The van der Waals surface area contributed by atoms with Gasteiger partial charge in [0.25, 0.3) is 5.88 Å². The molecule has 0 atom stereocenters. The summed E-state index contributed by atoms with van der Waals surface area (Å²) in [4.78, 5) is 24.5. The first-order valence-corrected chi connectivity index (χ1v) is 10.8. The molecule has 0 aliphatic carbocycles. The van der Waals surface area contributed by atoms with Crippen molar-refractivity contribution in [2.24, 2.45) is 0 Å². The predicted molar refractivity (Wildman–Crippen MR) is 130 cm³/mol. The lowest BCUT2D eigenvalue weighted by molar-refractivity contribution is -0.114. The van der Waals surface area contributed by atoms with E-state index in [1.807, 2.05) is 60.7 Å². The summed E-state index contributed by atoms with van der Waals surface area (Å²) in [5.41, 5.74) is 3.53. The minimum atomic E-state index is -0.557. The molecule has 0 fully saturated rings. The van der Waals surface area contributed by atoms with Crippen LogP contribution < -0.4 is 10.1 Å². The molecular weight excluding hydrogens is 430 g/mol. The van der Waals surface area contributed by atoms with E-state index in [9.17, 15) is 9.59 Å². The van der Waals surface area contributed by atoms with Crippen molar-refractivity contribution in [1.82, 2.24) is 10.2 Å². The third kappa shape index (κ3) is 5.10. The van der Waals surface area contributed by atoms with E-state index >= 15 is 0 Å². The van der Waals surface area contributed by atoms with Gasteiger partial charge in [-0.1, -0.05) is 60.7 Å². The summed E-state index contributed by atoms with van der Waals surface area (Å²) in [5.74, 6) is -0.267. The normalized spacial score (nSPS) is 10.4. The molecule has 0 radical (unpaired) electrons. The number of ether oxygens (including phenoxy) is 2. The number of nitrogens with zero attached hydrogens (tertiary/aromatic N) is 2. The summed E-state index contributed by atoms with van der Waals surface area (Å²) < 4.78 is 11.4. The third-order valence-corrected chi connectivity index (χ3v) is 4.92. The zero-order valence-electron chi connectivity index (χ0n) is 18.8. The summed E-state index contributed by atoms with van der Waals surface area (Å²) in [6, 6.07) is 25.8. The number of aromatic nitrogens is 2. The molecule has 0 aliphatic heterocycles. The molecule has 34 heavy (non-hydrogen) atoms. The Morgan fingerprint density at radius 3 is 2.03 bits per heavy atom. The van der Waals surface area contributed by atoms with E-state index in [4.69, 9.17) is 9.47 Å². The van der Waals surface area contributed by atoms with E-state index in [0.717, 1.165) is 11.1 Å². The Morgan fingerprint density at radius 1 is 0.824 bits per heavy atom. The van der Waals surface area contributed by atoms with Gasteiger partial charge in [0.2, 0.25) is 5.91 Å². The first kappa shape index (κ1) is 22.7. The van der Waals surface area contributed by atoms with E-state index in [-0.39, 0.29) is 24.0 Å². The van der Waals surface area contributed by atoms with Crippen LogP contribution >= 0.6 is 0 Å². The quantitative estimate of drug-likeness (QED) is 0.359. The van der Waals surface area contributed by atoms with E-state index < -0.39 is 5.97 Å². The zero-order chi connectivity index (χ0) is 23.9. The largest absolute Gasteiger partial charge is 0.462 e. The minimum absolute atomic E-state index is 0.0317. The van der Waals surface area contributed by atoms with Crippen LogP contribution in [0, 0.1) is 0 Å². The Balaban J connectivity index is 1.87. The summed E-state index contributed by atoms with van der Waals surface area (Å²) >= 11 is 0. The fourth-order valence-corrected chi connectivity index (χ4v) is 3.49. The van der Waals surface area contributed by atoms with Gasteiger partial charge in [-0.05, 0) is 36.8 Å². The van der Waals surface area contributed by atoms with Gasteiger partial charge in [-0.25, -0.2) is 4.79 Å². The van der Waals surface area contributed by atoms with Crippen LogP contribution in [0.2, 0.25) is 0 Å². The first-order chi connectivity index (χ1) is 16.6. The van der Waals surface area contributed by atoms with Crippen LogP contribution in [0.4, 0.5) is 5.69 Å². The molecule has 1 heterocycles. The van der Waals surface area contributed by atoms with Crippen molar-refractivity contribution in [2.75, 3.05) is 11.9 Å². The molecular formula is C27H23N3O4. The van der Waals surface area contributed by atoms with Crippen molar-refractivity contribution in [3.8, 4) is 34.0 Å². The summed E-state index contributed by atoms with van der Waals surface area (Å²) in [5, 5.41) is 11.4. The van der Waals surface area contributed by atoms with Gasteiger partial charge >= 0.3 is 5.97 Å². The average Bonchev–Trinajstić information content (AvgIpc) is 2.86. The van der Waals surface area contributed by atoms with Crippen LogP contribution in [0.1, 0.15) is 24.2 Å². The predicted octanol–water partition coefficient (Wildman–Crippen LogP) is 5.74. The van der Waals surface area contributed by atoms with Gasteiger partial charge in [-0.2, -0.15) is 0 Å². The molecule has 170 valence electrons. The molecule has 1 amide bonds. The second-order valence-electron chi connectivity index (χ2n) is 7.36. The number of carbonyl (C=O) groups is 2. The van der Waals surface area contributed by atoms with E-state index in [2.05, 4.69) is 15.5 Å². The third-order valence-electron chi connectivity index (χ3n) is 4.92. The van der Waals surface area contributed by atoms with Crippen molar-refractivity contribution in [3.63, 3.8) is 0 Å². The molecule has 0 saturated heterocycles. The summed E-state index contributed by atoms with van der Waals surface area (Å²) in [6.07, 6.45) is 0. The standard InChI is InChI=1S/C27H23N3O4/c1-3-33-27(32)24-23(19-10-6-4-7-11-19)25(20-12-8-5-9-13-20)29-30-26(24)34-22-16-14-21(15-17-22)28-18(2)31/h4-17H,3H2,1-2H3,(H,28,31). The Morgan fingerprint density at radius 2 is 1.44 bits per heavy atom. The monoisotopic (exact) mass is 453 g/mol. The lowest BCUT2D eigenvalue weighted by atomic mass is 9.95. The topological polar surface area (TPSA) is 90.4 Å². The number of hydrogen-bond donors (Lipinski definition) is 1. The van der Waals surface area contributed by atoms with Gasteiger partial charge in [-0.3, -0.25) is 4.79 Å². The zero-order valence-corrected chi connectivity index (χ0v) is 18.8. The van der Waals surface area contributed by atoms with Gasteiger partial charge in [0.15, 0.2) is 0 Å². The fraction of sp³-hybridized carbons (Fsp3) is 0.111. The van der Waals surface area contributed by atoms with Crippen molar-refractivity contribution >= 4 is 17.6 Å². The van der Waals surface area contributed by atoms with Crippen molar-refractivity contribution in [3.05, 3.63) is 90.5 Å². The minimum Gasteiger partial charge on any atom is -0.462 e. The molecule has 3 aromatic carbocycles. The lowest BCUT2D eigenvalue weighted by Gasteiger charge is -2.17. The second-order valence-corrected chi connectivity index (χ2v) is 7.36. The van der Waals surface area contributed by atoms with E-state index in [1.54, 1.807) is 31.2 Å². The molecule has 1 aromatic heterocycles. The van der Waals surface area contributed by atoms with Crippen molar-refractivity contribution in [1.29, 1.82) is 0 Å². The number of benzene rings is 3. The first-order valence-electron chi connectivity index (χ1n) is 10.8. The number of nitrogens with one attached hydrogen (secondary N) is 1. The molecule has 4 rings (SSSR count). The fourth-order valence-electron chi connectivity index (χ4n) is 3.49. The number of amides is 1.